The van der Waals surface area contributed by atoms with Crippen molar-refractivity contribution >= 4 is 22.9 Å². The number of unbranched alkanes of at least 4 members (excludes halogenated alkanes) is 1. The number of imidazole rings is 1. The van der Waals surface area contributed by atoms with Crippen LogP contribution in [-0.4, -0.2) is 28.1 Å². The molecule has 2 aromatic carbocycles. The van der Waals surface area contributed by atoms with Gasteiger partial charge in [-0.05, 0) is 85.0 Å². The van der Waals surface area contributed by atoms with Gasteiger partial charge in [-0.25, -0.2) is 4.98 Å². The first-order valence-corrected chi connectivity index (χ1v) is 14.6. The lowest BCUT2D eigenvalue weighted by molar-refractivity contribution is -0.116. The number of carbonyl (C=O) groups excluding carboxylic acids is 1. The van der Waals surface area contributed by atoms with Crippen molar-refractivity contribution < 1.29 is 9.21 Å². The van der Waals surface area contributed by atoms with E-state index in [0.717, 1.165) is 108 Å². The van der Waals surface area contributed by atoms with Crippen molar-refractivity contribution in [3.05, 3.63) is 101 Å². The number of carbonyl (C=O) groups is 1. The summed E-state index contributed by atoms with van der Waals surface area (Å²) >= 11 is 0. The van der Waals surface area contributed by atoms with E-state index in [9.17, 15) is 4.79 Å². The van der Waals surface area contributed by atoms with Gasteiger partial charge in [-0.3, -0.25) is 9.79 Å². The highest BCUT2D eigenvalue weighted by Gasteiger charge is 2.24. The van der Waals surface area contributed by atoms with Gasteiger partial charge < -0.3 is 14.7 Å². The van der Waals surface area contributed by atoms with Crippen molar-refractivity contribution in [3.63, 3.8) is 0 Å². The number of aromatic nitrogens is 2. The fourth-order valence-corrected chi connectivity index (χ4v) is 5.69. The summed E-state index contributed by atoms with van der Waals surface area (Å²) in [6, 6.07) is 15.1. The molecule has 2 aromatic heterocycles. The Morgan fingerprint density at radius 3 is 2.80 bits per heavy atom. The number of hydrogen-bond acceptors (Lipinski definition) is 4. The van der Waals surface area contributed by atoms with Crippen molar-refractivity contribution in [1.82, 2.24) is 9.97 Å². The van der Waals surface area contributed by atoms with Crippen molar-refractivity contribution in [2.24, 2.45) is 4.99 Å². The molecule has 4 aromatic rings. The van der Waals surface area contributed by atoms with Crippen molar-refractivity contribution in [2.45, 2.75) is 65.2 Å². The zero-order valence-electron chi connectivity index (χ0n) is 23.3. The average Bonchev–Trinajstić information content (AvgIpc) is 3.62. The molecule has 0 saturated carbocycles. The Labute approximate surface area is 235 Å². The second-order valence-corrected chi connectivity index (χ2v) is 10.7. The molecule has 6 nitrogen and oxygen atoms in total. The van der Waals surface area contributed by atoms with Gasteiger partial charge in [0.15, 0.2) is 5.82 Å². The van der Waals surface area contributed by atoms with Gasteiger partial charge in [0.2, 0.25) is 5.91 Å². The Balaban J connectivity index is 1.37. The van der Waals surface area contributed by atoms with Crippen molar-refractivity contribution in [1.29, 1.82) is 0 Å². The fourth-order valence-electron chi connectivity index (χ4n) is 5.69. The molecular formula is C34H36N4O2. The standard InChI is InChI=1S/C34H36N4O2/c1-3-5-11-31(39)36-27-18-22(4-2)17-26(19-27)24-13-12-23-8-7-15-35-33(29(23)20-24)34-37-30-10-6-9-28(32(30)38-34)25-14-16-40-21-25/h9,12-14,16-21H,3-8,10-11,15H2,1-2H3,(H,36,39)(H,37,38). The normalized spacial score (nSPS) is 14.6. The lowest BCUT2D eigenvalue weighted by Crippen LogP contribution is -2.11. The van der Waals surface area contributed by atoms with Gasteiger partial charge >= 0.3 is 0 Å². The van der Waals surface area contributed by atoms with E-state index in [4.69, 9.17) is 14.4 Å². The molecule has 1 aliphatic heterocycles. The van der Waals surface area contributed by atoms with Gasteiger partial charge in [0.05, 0.1) is 18.2 Å². The van der Waals surface area contributed by atoms with Crippen LogP contribution in [0.2, 0.25) is 0 Å². The number of hydrogen-bond donors (Lipinski definition) is 2. The lowest BCUT2D eigenvalue weighted by Gasteiger charge is -2.14. The summed E-state index contributed by atoms with van der Waals surface area (Å²) in [6.45, 7) is 5.02. The highest BCUT2D eigenvalue weighted by Crippen LogP contribution is 2.33. The monoisotopic (exact) mass is 532 g/mol. The second kappa shape index (κ2) is 11.5. The van der Waals surface area contributed by atoms with Gasteiger partial charge in [-0.1, -0.05) is 44.5 Å². The van der Waals surface area contributed by atoms with Crippen LogP contribution in [0.25, 0.3) is 16.7 Å². The van der Waals surface area contributed by atoms with Crippen molar-refractivity contribution in [2.75, 3.05) is 11.9 Å². The summed E-state index contributed by atoms with van der Waals surface area (Å²) in [7, 11) is 0. The van der Waals surface area contributed by atoms with Gasteiger partial charge in [0, 0.05) is 41.0 Å². The molecule has 0 fully saturated rings. The van der Waals surface area contributed by atoms with Gasteiger partial charge in [-0.15, -0.1) is 0 Å². The highest BCUT2D eigenvalue weighted by atomic mass is 16.3. The fraction of sp³-hybridized carbons (Fsp3) is 0.324. The summed E-state index contributed by atoms with van der Waals surface area (Å²) in [6.07, 6.45) is 13.0. The minimum absolute atomic E-state index is 0.0722. The molecule has 1 amide bonds. The number of amides is 1. The van der Waals surface area contributed by atoms with Crippen LogP contribution in [0, 0.1) is 0 Å². The van der Waals surface area contributed by atoms with Gasteiger partial charge in [0.1, 0.15) is 5.71 Å². The predicted molar refractivity (Wildman–Crippen MR) is 161 cm³/mol. The third-order valence-corrected chi connectivity index (χ3v) is 7.85. The maximum absolute atomic E-state index is 12.5. The first-order valence-electron chi connectivity index (χ1n) is 14.6. The minimum Gasteiger partial charge on any atom is -0.472 e. The summed E-state index contributed by atoms with van der Waals surface area (Å²) < 4.78 is 5.36. The first-order chi connectivity index (χ1) is 19.6. The zero-order chi connectivity index (χ0) is 27.5. The zero-order valence-corrected chi connectivity index (χ0v) is 23.3. The quantitative estimate of drug-likeness (QED) is 0.246. The van der Waals surface area contributed by atoms with E-state index in [0.29, 0.717) is 6.42 Å². The Bertz CT molecular complexity index is 1590. The van der Waals surface area contributed by atoms with E-state index in [-0.39, 0.29) is 5.91 Å². The van der Waals surface area contributed by atoms with Crippen LogP contribution in [0.4, 0.5) is 5.69 Å². The number of fused-ring (bicyclic) bond motifs is 2. The Hall–Kier alpha value is -4.19. The molecule has 0 saturated heterocycles. The van der Waals surface area contributed by atoms with E-state index in [1.54, 1.807) is 12.5 Å². The summed E-state index contributed by atoms with van der Waals surface area (Å²) in [5.74, 6) is 0.899. The predicted octanol–water partition coefficient (Wildman–Crippen LogP) is 7.52. The molecule has 0 unspecified atom stereocenters. The number of aryl methyl sites for hydroxylation is 3. The number of benzene rings is 2. The molecule has 0 spiro atoms. The number of furan rings is 1. The first kappa shape index (κ1) is 26.1. The number of anilines is 1. The minimum atomic E-state index is 0.0722. The molecule has 6 rings (SSSR count). The molecule has 1 aliphatic carbocycles. The SMILES string of the molecule is CCCCC(=O)Nc1cc(CC)cc(-c2ccc3c(c2)C(c2nc4c([nH]2)CCC=C4c2ccoc2)=NCCC3)c1. The largest absolute Gasteiger partial charge is 0.472 e. The topological polar surface area (TPSA) is 83.3 Å². The summed E-state index contributed by atoms with van der Waals surface area (Å²) in [4.78, 5) is 26.3. The van der Waals surface area contributed by atoms with Crippen LogP contribution >= 0.6 is 0 Å². The lowest BCUT2D eigenvalue weighted by atomic mass is 9.93. The van der Waals surface area contributed by atoms with Crippen LogP contribution < -0.4 is 5.32 Å². The van der Waals surface area contributed by atoms with E-state index in [2.05, 4.69) is 66.6 Å². The van der Waals surface area contributed by atoms with E-state index in [1.807, 2.05) is 6.07 Å². The van der Waals surface area contributed by atoms with Crippen LogP contribution in [0.5, 0.6) is 0 Å². The number of aromatic amines is 1. The molecule has 2 N–H and O–H groups in total. The van der Waals surface area contributed by atoms with Crippen molar-refractivity contribution in [3.8, 4) is 11.1 Å². The number of rotatable bonds is 8. The third kappa shape index (κ3) is 5.31. The Kier molecular flexibility index (Phi) is 7.49. The molecule has 3 heterocycles. The number of aliphatic imine (C=N–C) groups is 1. The van der Waals surface area contributed by atoms with E-state index >= 15 is 0 Å². The van der Waals surface area contributed by atoms with Crippen LogP contribution in [0.3, 0.4) is 0 Å². The average molecular weight is 533 g/mol. The summed E-state index contributed by atoms with van der Waals surface area (Å²) in [5.41, 5.74) is 11.9. The Morgan fingerprint density at radius 1 is 1.05 bits per heavy atom. The second-order valence-electron chi connectivity index (χ2n) is 10.7. The molecule has 0 bridgehead atoms. The molecule has 0 radical (unpaired) electrons. The van der Waals surface area contributed by atoms with Crippen LogP contribution in [0.1, 0.15) is 85.4 Å². The van der Waals surface area contributed by atoms with E-state index < -0.39 is 0 Å². The summed E-state index contributed by atoms with van der Waals surface area (Å²) in [5, 5.41) is 3.12. The molecular weight excluding hydrogens is 496 g/mol. The molecule has 40 heavy (non-hydrogen) atoms. The Morgan fingerprint density at radius 2 is 1.98 bits per heavy atom. The van der Waals surface area contributed by atoms with E-state index in [1.165, 1.54) is 11.1 Å². The smallest absolute Gasteiger partial charge is 0.224 e. The molecule has 204 valence electrons. The third-order valence-electron chi connectivity index (χ3n) is 7.85. The molecule has 6 heteroatoms. The number of nitrogens with zero attached hydrogens (tertiary/aromatic N) is 2. The number of nitrogens with one attached hydrogen (secondary N) is 2. The van der Waals surface area contributed by atoms with Gasteiger partial charge in [0.25, 0.3) is 0 Å². The van der Waals surface area contributed by atoms with Crippen LogP contribution in [-0.2, 0) is 24.1 Å². The molecule has 0 atom stereocenters. The maximum Gasteiger partial charge on any atom is 0.224 e. The van der Waals surface area contributed by atoms with Gasteiger partial charge in [-0.2, -0.15) is 0 Å². The number of allylic oxidation sites excluding steroid dienone is 1. The highest BCUT2D eigenvalue weighted by molar-refractivity contribution is 6.12. The van der Waals surface area contributed by atoms with Crippen LogP contribution in [0.15, 0.2) is 70.5 Å². The number of H-pyrrole nitrogens is 1. The maximum atomic E-state index is 12.5. The molecule has 2 aliphatic rings.